The lowest BCUT2D eigenvalue weighted by Crippen LogP contribution is -2.12. The third kappa shape index (κ3) is 4.63. The number of nitrogens with zero attached hydrogens (tertiary/aromatic N) is 2. The highest BCUT2D eigenvalue weighted by Crippen LogP contribution is 2.30. The standard InChI is InChI=1S/C22H21ClN2O6S/c1-13-3-4-18-15(10-21(27)31-19(18)9-13)11-30-20(26)6-5-17-14(2)24-25(22(17)23)16-7-8-32(28,29)12-16/h3-6,9-10,16H,7-8,11-12H2,1-2H3/b6-5+. The SMILES string of the molecule is Cc1ccc2c(COC(=O)/C=C/c3c(C)nn(C4CCS(=O)(=O)C4)c3Cl)cc(=O)oc2c1. The Morgan fingerprint density at radius 1 is 1.34 bits per heavy atom. The number of carbonyl (C=O) groups excluding carboxylic acids is 1. The predicted octanol–water partition coefficient (Wildman–Crippen LogP) is 3.38. The highest BCUT2D eigenvalue weighted by molar-refractivity contribution is 7.91. The number of rotatable bonds is 5. The first-order chi connectivity index (χ1) is 15.1. The molecular weight excluding hydrogens is 456 g/mol. The van der Waals surface area contributed by atoms with Crippen LogP contribution in [0.15, 0.2) is 39.6 Å². The third-order valence-electron chi connectivity index (χ3n) is 5.37. The number of esters is 1. The molecule has 0 saturated carbocycles. The Labute approximate surface area is 189 Å². The zero-order valence-electron chi connectivity index (χ0n) is 17.5. The summed E-state index contributed by atoms with van der Waals surface area (Å²) in [5.74, 6) is -0.515. The molecule has 0 bridgehead atoms. The second-order valence-corrected chi connectivity index (χ2v) is 10.4. The van der Waals surface area contributed by atoms with Crippen molar-refractivity contribution in [2.75, 3.05) is 11.5 Å². The van der Waals surface area contributed by atoms with Crippen LogP contribution in [0.3, 0.4) is 0 Å². The van der Waals surface area contributed by atoms with E-state index < -0.39 is 21.4 Å². The van der Waals surface area contributed by atoms with Crippen LogP contribution < -0.4 is 5.63 Å². The summed E-state index contributed by atoms with van der Waals surface area (Å²) < 4.78 is 35.5. The third-order valence-corrected chi connectivity index (χ3v) is 7.49. The molecule has 1 aliphatic rings. The topological polar surface area (TPSA) is 108 Å². The Kier molecular flexibility index (Phi) is 5.96. The highest BCUT2D eigenvalue weighted by Gasteiger charge is 2.31. The second kappa shape index (κ2) is 8.55. The Morgan fingerprint density at radius 3 is 2.84 bits per heavy atom. The van der Waals surface area contributed by atoms with Gasteiger partial charge in [-0.3, -0.25) is 0 Å². The molecule has 3 aromatic rings. The molecule has 1 unspecified atom stereocenters. The molecule has 0 radical (unpaired) electrons. The van der Waals surface area contributed by atoms with Gasteiger partial charge in [0.1, 0.15) is 17.3 Å². The molecule has 1 aromatic carbocycles. The smallest absolute Gasteiger partial charge is 0.336 e. The van der Waals surface area contributed by atoms with Crippen molar-refractivity contribution >= 4 is 44.5 Å². The van der Waals surface area contributed by atoms with Crippen molar-refractivity contribution in [1.29, 1.82) is 0 Å². The number of aromatic nitrogens is 2. The molecule has 2 aromatic heterocycles. The molecule has 3 heterocycles. The summed E-state index contributed by atoms with van der Waals surface area (Å²) in [5, 5.41) is 5.32. The van der Waals surface area contributed by atoms with Gasteiger partial charge in [0, 0.05) is 28.7 Å². The fraction of sp³-hybridized carbons (Fsp3) is 0.318. The van der Waals surface area contributed by atoms with Crippen molar-refractivity contribution in [2.24, 2.45) is 0 Å². The summed E-state index contributed by atoms with van der Waals surface area (Å²) >= 11 is 6.41. The Hall–Kier alpha value is -2.91. The molecule has 0 N–H and O–H groups in total. The van der Waals surface area contributed by atoms with Crippen LogP contribution in [0.25, 0.3) is 17.0 Å². The van der Waals surface area contributed by atoms with Gasteiger partial charge in [-0.1, -0.05) is 23.7 Å². The number of hydrogen-bond donors (Lipinski definition) is 0. The molecule has 0 aliphatic carbocycles. The number of aryl methyl sites for hydroxylation is 2. The number of hydrogen-bond acceptors (Lipinski definition) is 7. The predicted molar refractivity (Wildman–Crippen MR) is 120 cm³/mol. The molecule has 4 rings (SSSR count). The van der Waals surface area contributed by atoms with Crippen LogP contribution >= 0.6 is 11.6 Å². The van der Waals surface area contributed by atoms with Crippen molar-refractivity contribution < 1.29 is 22.4 Å². The van der Waals surface area contributed by atoms with Gasteiger partial charge < -0.3 is 9.15 Å². The average Bonchev–Trinajstić information content (AvgIpc) is 3.22. The average molecular weight is 477 g/mol. The Morgan fingerprint density at radius 2 is 2.12 bits per heavy atom. The molecule has 0 amide bonds. The van der Waals surface area contributed by atoms with E-state index in [4.69, 9.17) is 20.8 Å². The van der Waals surface area contributed by atoms with E-state index in [2.05, 4.69) is 5.10 Å². The van der Waals surface area contributed by atoms with Gasteiger partial charge in [0.25, 0.3) is 0 Å². The minimum Gasteiger partial charge on any atom is -0.458 e. The summed E-state index contributed by atoms with van der Waals surface area (Å²) in [5.41, 5.74) is 2.50. The lowest BCUT2D eigenvalue weighted by molar-refractivity contribution is -0.138. The summed E-state index contributed by atoms with van der Waals surface area (Å²) in [4.78, 5) is 24.1. The van der Waals surface area contributed by atoms with Crippen molar-refractivity contribution in [3.63, 3.8) is 0 Å². The quantitative estimate of drug-likeness (QED) is 0.315. The van der Waals surface area contributed by atoms with Crippen LogP contribution in [-0.2, 0) is 26.0 Å². The van der Waals surface area contributed by atoms with Gasteiger partial charge in [0.2, 0.25) is 0 Å². The molecule has 168 valence electrons. The van der Waals surface area contributed by atoms with Crippen LogP contribution in [0.5, 0.6) is 0 Å². The van der Waals surface area contributed by atoms with Crippen LogP contribution in [0.2, 0.25) is 5.15 Å². The monoisotopic (exact) mass is 476 g/mol. The first kappa shape index (κ1) is 22.3. The lowest BCUT2D eigenvalue weighted by Gasteiger charge is -2.09. The van der Waals surface area contributed by atoms with Gasteiger partial charge in [-0.15, -0.1) is 0 Å². The van der Waals surface area contributed by atoms with E-state index in [0.717, 1.165) is 5.56 Å². The van der Waals surface area contributed by atoms with Crippen LogP contribution in [0.1, 0.15) is 34.8 Å². The van der Waals surface area contributed by atoms with Crippen LogP contribution in [-0.4, -0.2) is 35.7 Å². The minimum absolute atomic E-state index is 0.00240. The van der Waals surface area contributed by atoms with E-state index >= 15 is 0 Å². The minimum atomic E-state index is -3.09. The number of halogens is 1. The van der Waals surface area contributed by atoms with E-state index in [1.54, 1.807) is 13.0 Å². The summed E-state index contributed by atoms with van der Waals surface area (Å²) in [7, 11) is -3.09. The van der Waals surface area contributed by atoms with E-state index in [0.29, 0.717) is 34.2 Å². The molecule has 1 saturated heterocycles. The summed E-state index contributed by atoms with van der Waals surface area (Å²) in [6.07, 6.45) is 3.17. The fourth-order valence-corrected chi connectivity index (χ4v) is 5.80. The molecular formula is C22H21ClN2O6S. The van der Waals surface area contributed by atoms with Crippen molar-refractivity contribution in [3.8, 4) is 0 Å². The summed E-state index contributed by atoms with van der Waals surface area (Å²) in [6, 6.07) is 6.43. The normalized spacial score (nSPS) is 17.9. The maximum absolute atomic E-state index is 12.3. The zero-order chi connectivity index (χ0) is 23.0. The van der Waals surface area contributed by atoms with Crippen molar-refractivity contribution in [1.82, 2.24) is 9.78 Å². The first-order valence-corrected chi connectivity index (χ1v) is 12.2. The number of sulfone groups is 1. The van der Waals surface area contributed by atoms with Crippen molar-refractivity contribution in [3.05, 3.63) is 68.3 Å². The Bertz CT molecular complexity index is 1400. The number of carbonyl (C=O) groups is 1. The molecule has 0 spiro atoms. The van der Waals surface area contributed by atoms with Gasteiger partial charge >= 0.3 is 11.6 Å². The number of benzene rings is 1. The molecule has 1 fully saturated rings. The second-order valence-electron chi connectivity index (χ2n) is 7.82. The van der Waals surface area contributed by atoms with E-state index in [1.165, 1.54) is 22.9 Å². The van der Waals surface area contributed by atoms with E-state index in [9.17, 15) is 18.0 Å². The van der Waals surface area contributed by atoms with Gasteiger partial charge in [-0.2, -0.15) is 5.10 Å². The maximum atomic E-state index is 12.3. The van der Waals surface area contributed by atoms with Gasteiger partial charge in [-0.25, -0.2) is 22.7 Å². The fourth-order valence-electron chi connectivity index (χ4n) is 3.74. The maximum Gasteiger partial charge on any atom is 0.336 e. The molecule has 10 heteroatoms. The molecule has 32 heavy (non-hydrogen) atoms. The van der Waals surface area contributed by atoms with Crippen LogP contribution in [0.4, 0.5) is 0 Å². The van der Waals surface area contributed by atoms with Gasteiger partial charge in [-0.05, 0) is 38.0 Å². The number of ether oxygens (including phenoxy) is 1. The zero-order valence-corrected chi connectivity index (χ0v) is 19.1. The van der Waals surface area contributed by atoms with Gasteiger partial charge in [0.15, 0.2) is 9.84 Å². The van der Waals surface area contributed by atoms with Crippen molar-refractivity contribution in [2.45, 2.75) is 32.9 Å². The van der Waals surface area contributed by atoms with E-state index in [1.807, 2.05) is 19.1 Å². The summed E-state index contributed by atoms with van der Waals surface area (Å²) in [6.45, 7) is 3.52. The number of fused-ring (bicyclic) bond motifs is 1. The molecule has 8 nitrogen and oxygen atoms in total. The van der Waals surface area contributed by atoms with E-state index in [-0.39, 0.29) is 29.3 Å². The molecule has 1 aliphatic heterocycles. The van der Waals surface area contributed by atoms with Crippen LogP contribution in [0, 0.1) is 13.8 Å². The first-order valence-electron chi connectivity index (χ1n) is 9.96. The highest BCUT2D eigenvalue weighted by atomic mass is 35.5. The largest absolute Gasteiger partial charge is 0.458 e. The lowest BCUT2D eigenvalue weighted by atomic mass is 10.1. The molecule has 1 atom stereocenters. The Balaban J connectivity index is 1.48. The van der Waals surface area contributed by atoms with Gasteiger partial charge in [0.05, 0.1) is 23.2 Å².